The zero-order chi connectivity index (χ0) is 16.1. The first-order chi connectivity index (χ1) is 11.3. The Balaban J connectivity index is 1.96. The highest BCUT2D eigenvalue weighted by molar-refractivity contribution is 5.29. The number of hydrogen-bond acceptors (Lipinski definition) is 4. The molecule has 3 rings (SSSR count). The van der Waals surface area contributed by atoms with Crippen molar-refractivity contribution < 1.29 is 4.74 Å². The molecule has 2 aromatic heterocycles. The molecule has 0 aliphatic heterocycles. The van der Waals surface area contributed by atoms with Gasteiger partial charge in [0.25, 0.3) is 5.95 Å². The maximum atomic E-state index is 5.54. The van der Waals surface area contributed by atoms with Gasteiger partial charge in [-0.2, -0.15) is 4.68 Å². The molecule has 118 valence electrons. The smallest absolute Gasteiger partial charge is 0.250 e. The van der Waals surface area contributed by atoms with Gasteiger partial charge in [0.15, 0.2) is 0 Å². The molecule has 0 spiro atoms. The van der Waals surface area contributed by atoms with E-state index >= 15 is 0 Å². The third-order valence-corrected chi connectivity index (χ3v) is 3.57. The fraction of sp³-hybridized carbons (Fsp3) is 0.278. The molecule has 5 nitrogen and oxygen atoms in total. The predicted octanol–water partition coefficient (Wildman–Crippen LogP) is 3.21. The molecule has 2 heterocycles. The maximum absolute atomic E-state index is 5.54. The van der Waals surface area contributed by atoms with E-state index in [0.717, 1.165) is 24.1 Å². The molecule has 5 heteroatoms. The van der Waals surface area contributed by atoms with Crippen LogP contribution >= 0.6 is 0 Å². The summed E-state index contributed by atoms with van der Waals surface area (Å²) in [5.41, 5.74) is 3.32. The van der Waals surface area contributed by atoms with Crippen LogP contribution in [0.1, 0.15) is 30.7 Å². The van der Waals surface area contributed by atoms with E-state index in [1.807, 2.05) is 43.6 Å². The van der Waals surface area contributed by atoms with Crippen LogP contribution in [0.5, 0.6) is 5.88 Å². The molecule has 1 aromatic carbocycles. The largest absolute Gasteiger partial charge is 0.477 e. The molecule has 3 aromatic rings. The van der Waals surface area contributed by atoms with Crippen molar-refractivity contribution >= 4 is 0 Å². The Kier molecular flexibility index (Phi) is 4.66. The lowest BCUT2D eigenvalue weighted by Crippen LogP contribution is -2.08. The van der Waals surface area contributed by atoms with Crippen molar-refractivity contribution in [3.8, 4) is 11.8 Å². The van der Waals surface area contributed by atoms with Crippen molar-refractivity contribution in [1.82, 2.24) is 19.7 Å². The second-order valence-electron chi connectivity index (χ2n) is 5.23. The monoisotopic (exact) mass is 308 g/mol. The summed E-state index contributed by atoms with van der Waals surface area (Å²) in [5.74, 6) is 1.17. The molecule has 0 radical (unpaired) electrons. The Morgan fingerprint density at radius 1 is 1.00 bits per heavy atom. The predicted molar refractivity (Wildman–Crippen MR) is 88.9 cm³/mol. The van der Waals surface area contributed by atoms with Gasteiger partial charge in [-0.15, -0.1) is 5.10 Å². The summed E-state index contributed by atoms with van der Waals surface area (Å²) in [6, 6.07) is 12.2. The van der Waals surface area contributed by atoms with Crippen LogP contribution in [0.3, 0.4) is 0 Å². The Hall–Kier alpha value is -2.69. The Bertz CT molecular complexity index is 750. The molecule has 23 heavy (non-hydrogen) atoms. The van der Waals surface area contributed by atoms with Gasteiger partial charge >= 0.3 is 0 Å². The first-order valence-corrected chi connectivity index (χ1v) is 7.87. The van der Waals surface area contributed by atoms with E-state index in [0.29, 0.717) is 18.4 Å². The lowest BCUT2D eigenvalue weighted by molar-refractivity contribution is 0.324. The van der Waals surface area contributed by atoms with Gasteiger partial charge in [-0.3, -0.25) is 0 Å². The van der Waals surface area contributed by atoms with E-state index in [1.54, 1.807) is 4.68 Å². The van der Waals surface area contributed by atoms with E-state index in [4.69, 9.17) is 4.74 Å². The quantitative estimate of drug-likeness (QED) is 0.701. The summed E-state index contributed by atoms with van der Waals surface area (Å²) in [7, 11) is 0. The molecule has 0 saturated heterocycles. The SMILES string of the molecule is CCOc1cc(Cc2ccccc2)n(-c2ncc(CC)cn2)n1. The Morgan fingerprint density at radius 2 is 1.74 bits per heavy atom. The number of hydrogen-bond donors (Lipinski definition) is 0. The van der Waals surface area contributed by atoms with Crippen molar-refractivity contribution in [1.29, 1.82) is 0 Å². The van der Waals surface area contributed by atoms with Gasteiger partial charge in [-0.05, 0) is 24.5 Å². The Labute approximate surface area is 136 Å². The van der Waals surface area contributed by atoms with Gasteiger partial charge in [-0.25, -0.2) is 9.97 Å². The lowest BCUT2D eigenvalue weighted by Gasteiger charge is -2.06. The highest BCUT2D eigenvalue weighted by Gasteiger charge is 2.13. The van der Waals surface area contributed by atoms with Crippen LogP contribution in [0, 0.1) is 0 Å². The van der Waals surface area contributed by atoms with Crippen molar-refractivity contribution in [2.45, 2.75) is 26.7 Å². The maximum Gasteiger partial charge on any atom is 0.250 e. The molecule has 0 saturated carbocycles. The summed E-state index contributed by atoms with van der Waals surface area (Å²) in [4.78, 5) is 8.86. The molecule has 0 amide bonds. The topological polar surface area (TPSA) is 52.8 Å². The third-order valence-electron chi connectivity index (χ3n) is 3.57. The second-order valence-corrected chi connectivity index (χ2v) is 5.23. The minimum Gasteiger partial charge on any atom is -0.477 e. The van der Waals surface area contributed by atoms with Crippen molar-refractivity contribution in [3.63, 3.8) is 0 Å². The van der Waals surface area contributed by atoms with Crippen LogP contribution in [0.15, 0.2) is 48.8 Å². The first kappa shape index (κ1) is 15.2. The van der Waals surface area contributed by atoms with E-state index < -0.39 is 0 Å². The summed E-state index contributed by atoms with van der Waals surface area (Å²) in [5, 5.41) is 4.49. The van der Waals surface area contributed by atoms with Crippen LogP contribution in [0.2, 0.25) is 0 Å². The number of aromatic nitrogens is 4. The number of nitrogens with zero attached hydrogens (tertiary/aromatic N) is 4. The van der Waals surface area contributed by atoms with Gasteiger partial charge in [0.05, 0.1) is 12.3 Å². The summed E-state index contributed by atoms with van der Waals surface area (Å²) in [6.07, 6.45) is 5.35. The van der Waals surface area contributed by atoms with Crippen LogP contribution < -0.4 is 4.74 Å². The van der Waals surface area contributed by atoms with E-state index in [9.17, 15) is 0 Å². The molecule has 0 aliphatic carbocycles. The zero-order valence-electron chi connectivity index (χ0n) is 13.4. The van der Waals surface area contributed by atoms with Crippen molar-refractivity contribution in [2.75, 3.05) is 6.61 Å². The summed E-state index contributed by atoms with van der Waals surface area (Å²) in [6.45, 7) is 4.61. The van der Waals surface area contributed by atoms with Gasteiger partial charge in [0, 0.05) is 24.9 Å². The lowest BCUT2D eigenvalue weighted by atomic mass is 10.1. The Morgan fingerprint density at radius 3 is 2.39 bits per heavy atom. The van der Waals surface area contributed by atoms with Gasteiger partial charge in [0.2, 0.25) is 5.88 Å². The zero-order valence-corrected chi connectivity index (χ0v) is 13.4. The van der Waals surface area contributed by atoms with Crippen LogP contribution in [-0.4, -0.2) is 26.4 Å². The van der Waals surface area contributed by atoms with Gasteiger partial charge < -0.3 is 4.74 Å². The summed E-state index contributed by atoms with van der Waals surface area (Å²) < 4.78 is 7.31. The number of benzene rings is 1. The molecule has 0 bridgehead atoms. The molecule has 0 N–H and O–H groups in total. The standard InChI is InChI=1S/C18H20N4O/c1-3-14-12-19-18(20-13-14)22-16(11-17(21-22)23-4-2)10-15-8-6-5-7-9-15/h5-9,11-13H,3-4,10H2,1-2H3. The second kappa shape index (κ2) is 7.05. The van der Waals surface area contributed by atoms with E-state index in [2.05, 4.69) is 34.1 Å². The summed E-state index contributed by atoms with van der Waals surface area (Å²) >= 11 is 0. The molecule has 0 aliphatic rings. The van der Waals surface area contributed by atoms with Gasteiger partial charge in [-0.1, -0.05) is 37.3 Å². The average Bonchev–Trinajstić information content (AvgIpc) is 2.99. The molecule has 0 fully saturated rings. The highest BCUT2D eigenvalue weighted by Crippen LogP contribution is 2.18. The minimum atomic E-state index is 0.569. The fourth-order valence-corrected chi connectivity index (χ4v) is 2.36. The molecular formula is C18H20N4O. The average molecular weight is 308 g/mol. The number of ether oxygens (including phenoxy) is 1. The molecular weight excluding hydrogens is 288 g/mol. The molecule has 0 unspecified atom stereocenters. The van der Waals surface area contributed by atoms with Gasteiger partial charge in [0.1, 0.15) is 0 Å². The first-order valence-electron chi connectivity index (χ1n) is 7.87. The number of aryl methyl sites for hydroxylation is 1. The number of rotatable bonds is 6. The van der Waals surface area contributed by atoms with Crippen LogP contribution in [0.4, 0.5) is 0 Å². The minimum absolute atomic E-state index is 0.569. The fourth-order valence-electron chi connectivity index (χ4n) is 2.36. The highest BCUT2D eigenvalue weighted by atomic mass is 16.5. The molecule has 0 atom stereocenters. The third kappa shape index (κ3) is 3.56. The van der Waals surface area contributed by atoms with E-state index in [1.165, 1.54) is 5.56 Å². The normalized spacial score (nSPS) is 10.7. The van der Waals surface area contributed by atoms with Crippen LogP contribution in [-0.2, 0) is 12.8 Å². The van der Waals surface area contributed by atoms with E-state index in [-0.39, 0.29) is 0 Å². The van der Waals surface area contributed by atoms with Crippen molar-refractivity contribution in [2.24, 2.45) is 0 Å². The van der Waals surface area contributed by atoms with Crippen molar-refractivity contribution in [3.05, 3.63) is 65.6 Å². The van der Waals surface area contributed by atoms with Crippen LogP contribution in [0.25, 0.3) is 5.95 Å².